The molecule has 1 aromatic heterocycles. The molecule has 0 saturated heterocycles. The molecule has 9 heteroatoms. The molecule has 0 aliphatic carbocycles. The first-order chi connectivity index (χ1) is 12.1. The molecule has 142 valence electrons. The normalized spacial score (nSPS) is 12.9. The number of primary sulfonamides is 1. The highest BCUT2D eigenvalue weighted by Crippen LogP contribution is 2.22. The van der Waals surface area contributed by atoms with Crippen LogP contribution >= 0.6 is 0 Å². The summed E-state index contributed by atoms with van der Waals surface area (Å²) in [6.07, 6.45) is 1.74. The zero-order valence-electron chi connectivity index (χ0n) is 15.4. The van der Waals surface area contributed by atoms with Crippen molar-refractivity contribution in [1.82, 2.24) is 15.6 Å². The van der Waals surface area contributed by atoms with Crippen LogP contribution in [0.2, 0.25) is 0 Å². The molecule has 8 nitrogen and oxygen atoms in total. The first kappa shape index (κ1) is 19.9. The second-order valence-electron chi connectivity index (χ2n) is 6.84. The molecule has 0 radical (unpaired) electrons. The van der Waals surface area contributed by atoms with Gasteiger partial charge in [-0.25, -0.2) is 18.5 Å². The highest BCUT2D eigenvalue weighted by Gasteiger charge is 2.19. The second kappa shape index (κ2) is 7.88. The van der Waals surface area contributed by atoms with Gasteiger partial charge >= 0.3 is 0 Å². The van der Waals surface area contributed by atoms with Gasteiger partial charge in [0.05, 0.1) is 17.6 Å². The Balaban J connectivity index is 1.89. The fourth-order valence-electron chi connectivity index (χ4n) is 2.10. The highest BCUT2D eigenvalue weighted by atomic mass is 32.2. The van der Waals surface area contributed by atoms with Crippen molar-refractivity contribution < 1.29 is 12.8 Å². The number of nitrogens with two attached hydrogens (primary N) is 1. The summed E-state index contributed by atoms with van der Waals surface area (Å²) in [7, 11) is -2.01. The first-order valence-electron chi connectivity index (χ1n) is 8.11. The van der Waals surface area contributed by atoms with Gasteiger partial charge in [-0.1, -0.05) is 32.9 Å². The van der Waals surface area contributed by atoms with Crippen LogP contribution in [-0.2, 0) is 28.5 Å². The molecule has 0 aliphatic rings. The summed E-state index contributed by atoms with van der Waals surface area (Å²) in [6, 6.07) is 6.35. The van der Waals surface area contributed by atoms with Crippen LogP contribution in [0.25, 0.3) is 0 Å². The average Bonchev–Trinajstić information content (AvgIpc) is 3.04. The maximum Gasteiger partial charge on any atom is 0.238 e. The molecular formula is C17H25N5O3S. The van der Waals surface area contributed by atoms with E-state index in [0.29, 0.717) is 24.9 Å². The lowest BCUT2D eigenvalue weighted by molar-refractivity contribution is 0.379. The van der Waals surface area contributed by atoms with Gasteiger partial charge in [0.2, 0.25) is 15.9 Å². The van der Waals surface area contributed by atoms with Gasteiger partial charge in [-0.05, 0) is 17.7 Å². The van der Waals surface area contributed by atoms with Crippen LogP contribution in [-0.4, -0.2) is 26.4 Å². The van der Waals surface area contributed by atoms with Gasteiger partial charge < -0.3 is 15.1 Å². The monoisotopic (exact) mass is 379 g/mol. The van der Waals surface area contributed by atoms with E-state index in [0.717, 1.165) is 11.3 Å². The maximum atomic E-state index is 11.3. The quantitative estimate of drug-likeness (QED) is 0.534. The topological polar surface area (TPSA) is 123 Å². The Morgan fingerprint density at radius 3 is 2.31 bits per heavy atom. The summed E-state index contributed by atoms with van der Waals surface area (Å²) < 4.78 is 28.2. The minimum absolute atomic E-state index is 0.0855. The number of guanidine groups is 1. The lowest BCUT2D eigenvalue weighted by atomic mass is 9.94. The second-order valence-corrected chi connectivity index (χ2v) is 8.40. The summed E-state index contributed by atoms with van der Waals surface area (Å²) in [5.41, 5.74) is 0.806. The Morgan fingerprint density at radius 2 is 1.81 bits per heavy atom. The molecule has 0 atom stereocenters. The van der Waals surface area contributed by atoms with Crippen LogP contribution in [0.15, 0.2) is 44.8 Å². The number of hydrogen-bond acceptors (Lipinski definition) is 5. The van der Waals surface area contributed by atoms with Gasteiger partial charge in [0.25, 0.3) is 0 Å². The maximum absolute atomic E-state index is 11.3. The van der Waals surface area contributed by atoms with E-state index in [9.17, 15) is 8.42 Å². The van der Waals surface area contributed by atoms with E-state index in [2.05, 4.69) is 41.4 Å². The van der Waals surface area contributed by atoms with Gasteiger partial charge in [-0.15, -0.1) is 0 Å². The van der Waals surface area contributed by atoms with E-state index >= 15 is 0 Å². The minimum atomic E-state index is -3.68. The number of aliphatic imine (C=N–C) groups is 1. The zero-order chi connectivity index (χ0) is 19.4. The molecule has 0 spiro atoms. The highest BCUT2D eigenvalue weighted by molar-refractivity contribution is 7.89. The standard InChI is InChI=1S/C17H25N5O3S/c1-17(2,3)14-10-20-15(25-14)11-22-16(19-4)21-9-12-5-7-13(8-6-12)26(18,23)24/h5-8,10H,9,11H2,1-4H3,(H2,18,23,24)(H2,19,21,22). The van der Waals surface area contributed by atoms with E-state index in [1.54, 1.807) is 25.4 Å². The average molecular weight is 379 g/mol. The molecule has 2 rings (SSSR count). The number of sulfonamides is 1. The number of benzene rings is 1. The Hall–Kier alpha value is -2.39. The SMILES string of the molecule is CN=C(NCc1ccc(S(N)(=O)=O)cc1)NCc1ncc(C(C)(C)C)o1. The molecule has 0 saturated carbocycles. The number of hydrogen-bond donors (Lipinski definition) is 3. The molecule has 4 N–H and O–H groups in total. The zero-order valence-corrected chi connectivity index (χ0v) is 16.2. The van der Waals surface area contributed by atoms with Crippen LogP contribution in [0.3, 0.4) is 0 Å². The smallest absolute Gasteiger partial charge is 0.238 e. The molecule has 1 heterocycles. The first-order valence-corrected chi connectivity index (χ1v) is 9.65. The van der Waals surface area contributed by atoms with Gasteiger partial charge in [-0.2, -0.15) is 0 Å². The molecule has 26 heavy (non-hydrogen) atoms. The van der Waals surface area contributed by atoms with E-state index in [-0.39, 0.29) is 10.3 Å². The van der Waals surface area contributed by atoms with E-state index in [1.165, 1.54) is 12.1 Å². The van der Waals surface area contributed by atoms with Crippen molar-refractivity contribution in [3.63, 3.8) is 0 Å². The Morgan fingerprint density at radius 1 is 1.19 bits per heavy atom. The lowest BCUT2D eigenvalue weighted by Gasteiger charge is -2.13. The van der Waals surface area contributed by atoms with Crippen LogP contribution in [0.1, 0.15) is 38.0 Å². The van der Waals surface area contributed by atoms with Crippen LogP contribution in [0.4, 0.5) is 0 Å². The largest absolute Gasteiger partial charge is 0.443 e. The van der Waals surface area contributed by atoms with Gasteiger partial charge in [0.1, 0.15) is 5.76 Å². The van der Waals surface area contributed by atoms with E-state index in [4.69, 9.17) is 9.56 Å². The molecule has 1 aromatic carbocycles. The fourth-order valence-corrected chi connectivity index (χ4v) is 2.62. The van der Waals surface area contributed by atoms with Crippen molar-refractivity contribution in [2.24, 2.45) is 10.1 Å². The minimum Gasteiger partial charge on any atom is -0.443 e. The van der Waals surface area contributed by atoms with Crippen molar-refractivity contribution in [2.75, 3.05) is 7.05 Å². The van der Waals surface area contributed by atoms with Crippen molar-refractivity contribution in [3.05, 3.63) is 47.7 Å². The molecule has 0 fully saturated rings. The van der Waals surface area contributed by atoms with Crippen molar-refractivity contribution in [1.29, 1.82) is 0 Å². The summed E-state index contributed by atoms with van der Waals surface area (Å²) in [5, 5.41) is 11.3. The van der Waals surface area contributed by atoms with E-state index in [1.807, 2.05) is 0 Å². The fraction of sp³-hybridized carbons (Fsp3) is 0.412. The number of nitrogens with zero attached hydrogens (tertiary/aromatic N) is 2. The van der Waals surface area contributed by atoms with Crippen molar-refractivity contribution in [3.8, 4) is 0 Å². The molecule has 2 aromatic rings. The third kappa shape index (κ3) is 5.57. The lowest BCUT2D eigenvalue weighted by Crippen LogP contribution is -2.36. The van der Waals surface area contributed by atoms with Crippen LogP contribution in [0.5, 0.6) is 0 Å². The number of oxazole rings is 1. The molecular weight excluding hydrogens is 354 g/mol. The Bertz CT molecular complexity index is 865. The van der Waals surface area contributed by atoms with Crippen molar-refractivity contribution >= 4 is 16.0 Å². The molecule has 0 amide bonds. The van der Waals surface area contributed by atoms with Crippen LogP contribution < -0.4 is 15.8 Å². The Kier molecular flexibility index (Phi) is 6.04. The number of nitrogens with one attached hydrogen (secondary N) is 2. The number of rotatable bonds is 5. The van der Waals surface area contributed by atoms with Gasteiger partial charge in [-0.3, -0.25) is 4.99 Å². The molecule has 0 unspecified atom stereocenters. The predicted molar refractivity (Wildman–Crippen MR) is 100 cm³/mol. The molecule has 0 bridgehead atoms. The van der Waals surface area contributed by atoms with Gasteiger partial charge in [0, 0.05) is 19.0 Å². The predicted octanol–water partition coefficient (Wildman–Crippen LogP) is 1.48. The Labute approximate surface area is 154 Å². The third-order valence-corrected chi connectivity index (χ3v) is 4.56. The van der Waals surface area contributed by atoms with Gasteiger partial charge in [0.15, 0.2) is 5.96 Å². The summed E-state index contributed by atoms with van der Waals surface area (Å²) in [5.74, 6) is 1.98. The number of aromatic nitrogens is 1. The molecule has 0 aliphatic heterocycles. The summed E-state index contributed by atoms with van der Waals surface area (Å²) in [4.78, 5) is 8.48. The van der Waals surface area contributed by atoms with Crippen LogP contribution in [0, 0.1) is 0 Å². The summed E-state index contributed by atoms with van der Waals surface area (Å²) in [6.45, 7) is 7.06. The van der Waals surface area contributed by atoms with Crippen molar-refractivity contribution in [2.45, 2.75) is 44.2 Å². The third-order valence-electron chi connectivity index (χ3n) is 3.64. The summed E-state index contributed by atoms with van der Waals surface area (Å²) >= 11 is 0. The van der Waals surface area contributed by atoms with E-state index < -0.39 is 10.0 Å².